The Morgan fingerprint density at radius 1 is 0.848 bits per heavy atom. The summed E-state index contributed by atoms with van der Waals surface area (Å²) in [6.45, 7) is 9.67. The standard InChI is InChI=1S/C23H23ClN2O.C4H10.CH4O/c24-22-8-4-7-19-15-20(9-10-21(19)22)23(27)17-26-13-11-25(12-14-26)16-18-5-2-1-3-6-18;1-3-4-2;1-2/h1-10,15H,11-14,16-17H2;3-4H2,1-2H3;2H,1H3. The molecule has 1 fully saturated rings. The lowest BCUT2D eigenvalue weighted by molar-refractivity contribution is 0.0844. The predicted octanol–water partition coefficient (Wildman–Crippen LogP) is 5.91. The summed E-state index contributed by atoms with van der Waals surface area (Å²) in [7, 11) is 1.00. The molecule has 0 aliphatic carbocycles. The predicted molar refractivity (Wildman–Crippen MR) is 140 cm³/mol. The highest BCUT2D eigenvalue weighted by Gasteiger charge is 2.19. The van der Waals surface area contributed by atoms with Crippen LogP contribution >= 0.6 is 11.6 Å². The molecule has 5 heteroatoms. The van der Waals surface area contributed by atoms with E-state index < -0.39 is 0 Å². The summed E-state index contributed by atoms with van der Waals surface area (Å²) < 4.78 is 0. The van der Waals surface area contributed by atoms with Crippen LogP contribution in [0.3, 0.4) is 0 Å². The minimum absolute atomic E-state index is 0.174. The van der Waals surface area contributed by atoms with E-state index in [0.29, 0.717) is 6.54 Å². The number of rotatable bonds is 6. The number of halogens is 1. The topological polar surface area (TPSA) is 43.8 Å². The van der Waals surface area contributed by atoms with E-state index in [2.05, 4.69) is 47.9 Å². The van der Waals surface area contributed by atoms with Crippen LogP contribution in [0.15, 0.2) is 66.7 Å². The summed E-state index contributed by atoms with van der Waals surface area (Å²) in [5.41, 5.74) is 2.10. The number of unbranched alkanes of at least 4 members (excludes halogenated alkanes) is 1. The summed E-state index contributed by atoms with van der Waals surface area (Å²) >= 11 is 6.22. The molecule has 0 spiro atoms. The van der Waals surface area contributed by atoms with E-state index >= 15 is 0 Å². The van der Waals surface area contributed by atoms with Gasteiger partial charge in [-0.05, 0) is 23.1 Å². The number of hydrogen-bond acceptors (Lipinski definition) is 4. The molecular formula is C28H37ClN2O2. The molecule has 178 valence electrons. The number of piperazine rings is 1. The Kier molecular flexibility index (Phi) is 12.1. The second kappa shape index (κ2) is 14.8. The Morgan fingerprint density at radius 2 is 1.48 bits per heavy atom. The molecule has 0 bridgehead atoms. The molecule has 0 radical (unpaired) electrons. The zero-order valence-electron chi connectivity index (χ0n) is 20.1. The van der Waals surface area contributed by atoms with E-state index in [1.807, 2.05) is 42.5 Å². The van der Waals surface area contributed by atoms with Gasteiger partial charge in [0.15, 0.2) is 5.78 Å². The van der Waals surface area contributed by atoms with Crippen molar-refractivity contribution in [3.05, 3.63) is 82.9 Å². The van der Waals surface area contributed by atoms with Gasteiger partial charge in [-0.1, -0.05) is 92.9 Å². The third kappa shape index (κ3) is 8.56. The first-order chi connectivity index (χ1) is 16.1. The van der Waals surface area contributed by atoms with Gasteiger partial charge in [-0.3, -0.25) is 14.6 Å². The Hall–Kier alpha value is -2.24. The van der Waals surface area contributed by atoms with Crippen molar-refractivity contribution in [2.45, 2.75) is 33.2 Å². The molecule has 1 heterocycles. The van der Waals surface area contributed by atoms with Crippen LogP contribution in [0.1, 0.15) is 42.6 Å². The van der Waals surface area contributed by atoms with Gasteiger partial charge in [0.25, 0.3) is 0 Å². The lowest BCUT2D eigenvalue weighted by Gasteiger charge is -2.34. The number of carbonyl (C=O) groups excluding carboxylic acids is 1. The summed E-state index contributed by atoms with van der Waals surface area (Å²) in [5, 5.41) is 9.73. The van der Waals surface area contributed by atoms with Crippen molar-refractivity contribution in [1.29, 1.82) is 0 Å². The highest BCUT2D eigenvalue weighted by Crippen LogP contribution is 2.24. The van der Waals surface area contributed by atoms with Gasteiger partial charge in [-0.25, -0.2) is 0 Å². The molecule has 33 heavy (non-hydrogen) atoms. The van der Waals surface area contributed by atoms with Crippen molar-refractivity contribution in [1.82, 2.24) is 9.80 Å². The minimum atomic E-state index is 0.174. The van der Waals surface area contributed by atoms with Crippen LogP contribution in [-0.4, -0.2) is 60.5 Å². The van der Waals surface area contributed by atoms with E-state index in [1.165, 1.54) is 18.4 Å². The SMILES string of the molecule is CCCC.CO.O=C(CN1CCN(Cc2ccccc2)CC1)c1ccc2c(Cl)cccc2c1. The van der Waals surface area contributed by atoms with Gasteiger partial charge in [0.1, 0.15) is 0 Å². The van der Waals surface area contributed by atoms with E-state index in [0.717, 1.165) is 61.2 Å². The summed E-state index contributed by atoms with van der Waals surface area (Å²) in [5.74, 6) is 0.174. The highest BCUT2D eigenvalue weighted by atomic mass is 35.5. The first-order valence-corrected chi connectivity index (χ1v) is 12.1. The molecule has 1 N–H and O–H groups in total. The Bertz CT molecular complexity index is 968. The molecule has 0 amide bonds. The van der Waals surface area contributed by atoms with Gasteiger partial charge < -0.3 is 5.11 Å². The first-order valence-electron chi connectivity index (χ1n) is 11.8. The smallest absolute Gasteiger partial charge is 0.176 e. The van der Waals surface area contributed by atoms with Crippen LogP contribution in [0.5, 0.6) is 0 Å². The number of nitrogens with zero attached hydrogens (tertiary/aromatic N) is 2. The normalized spacial score (nSPS) is 14.1. The Labute approximate surface area is 203 Å². The van der Waals surface area contributed by atoms with E-state index in [1.54, 1.807) is 0 Å². The largest absolute Gasteiger partial charge is 0.400 e. The molecule has 0 unspecified atom stereocenters. The van der Waals surface area contributed by atoms with Crippen LogP contribution in [0.25, 0.3) is 10.8 Å². The maximum absolute atomic E-state index is 12.7. The number of hydrogen-bond donors (Lipinski definition) is 1. The fraction of sp³-hybridized carbons (Fsp3) is 0.393. The maximum Gasteiger partial charge on any atom is 0.176 e. The monoisotopic (exact) mass is 468 g/mol. The van der Waals surface area contributed by atoms with Crippen LogP contribution < -0.4 is 0 Å². The Morgan fingerprint density at radius 3 is 2.12 bits per heavy atom. The fourth-order valence-corrected chi connectivity index (χ4v) is 3.90. The number of aliphatic hydroxyl groups excluding tert-OH is 1. The van der Waals surface area contributed by atoms with Crippen molar-refractivity contribution in [2.24, 2.45) is 0 Å². The number of benzene rings is 3. The average molecular weight is 469 g/mol. The maximum atomic E-state index is 12.7. The van der Waals surface area contributed by atoms with E-state index in [4.69, 9.17) is 16.7 Å². The summed E-state index contributed by atoms with van der Waals surface area (Å²) in [6, 6.07) is 22.1. The molecule has 0 saturated carbocycles. The molecule has 1 aliphatic heterocycles. The molecule has 3 aromatic rings. The lowest BCUT2D eigenvalue weighted by atomic mass is 10.0. The lowest BCUT2D eigenvalue weighted by Crippen LogP contribution is -2.47. The average Bonchev–Trinajstić information content (AvgIpc) is 2.87. The minimum Gasteiger partial charge on any atom is -0.400 e. The first kappa shape index (κ1) is 27.0. The van der Waals surface area contributed by atoms with Gasteiger partial charge in [-0.15, -0.1) is 0 Å². The number of carbonyl (C=O) groups is 1. The van der Waals surface area contributed by atoms with Crippen molar-refractivity contribution in [2.75, 3.05) is 39.8 Å². The van der Waals surface area contributed by atoms with Gasteiger partial charge in [0.2, 0.25) is 0 Å². The fourth-order valence-electron chi connectivity index (χ4n) is 3.66. The molecule has 1 aliphatic rings. The third-order valence-corrected chi connectivity index (χ3v) is 6.06. The van der Waals surface area contributed by atoms with Gasteiger partial charge in [0, 0.05) is 55.8 Å². The Balaban J connectivity index is 0.000000582. The number of Topliss-reactive ketones (excluding diaryl/α,β-unsaturated/α-hetero) is 1. The number of fused-ring (bicyclic) bond motifs is 1. The molecule has 3 aromatic carbocycles. The molecule has 0 aromatic heterocycles. The molecule has 1 saturated heterocycles. The van der Waals surface area contributed by atoms with Crippen LogP contribution in [0.2, 0.25) is 5.02 Å². The van der Waals surface area contributed by atoms with Gasteiger partial charge >= 0.3 is 0 Å². The second-order valence-corrected chi connectivity index (χ2v) is 8.54. The van der Waals surface area contributed by atoms with Crippen molar-refractivity contribution in [3.63, 3.8) is 0 Å². The highest BCUT2D eigenvalue weighted by molar-refractivity contribution is 6.35. The van der Waals surface area contributed by atoms with Gasteiger partial charge in [-0.2, -0.15) is 0 Å². The third-order valence-electron chi connectivity index (χ3n) is 5.73. The van der Waals surface area contributed by atoms with Gasteiger partial charge in [0.05, 0.1) is 6.54 Å². The second-order valence-electron chi connectivity index (χ2n) is 8.14. The quantitative estimate of drug-likeness (QED) is 0.457. The van der Waals surface area contributed by atoms with Crippen molar-refractivity contribution < 1.29 is 9.90 Å². The van der Waals surface area contributed by atoms with Crippen LogP contribution in [0.4, 0.5) is 0 Å². The zero-order valence-corrected chi connectivity index (χ0v) is 20.9. The molecule has 4 rings (SSSR count). The number of aliphatic hydroxyl groups is 1. The van der Waals surface area contributed by atoms with Crippen LogP contribution in [-0.2, 0) is 6.54 Å². The van der Waals surface area contributed by atoms with Crippen molar-refractivity contribution >= 4 is 28.2 Å². The zero-order chi connectivity index (χ0) is 24.1. The molecular weight excluding hydrogens is 432 g/mol. The molecule has 0 atom stereocenters. The van der Waals surface area contributed by atoms with E-state index in [-0.39, 0.29) is 5.78 Å². The molecule has 4 nitrogen and oxygen atoms in total. The summed E-state index contributed by atoms with van der Waals surface area (Å²) in [6.07, 6.45) is 2.64. The van der Waals surface area contributed by atoms with E-state index in [9.17, 15) is 4.79 Å². The summed E-state index contributed by atoms with van der Waals surface area (Å²) in [4.78, 5) is 17.4. The van der Waals surface area contributed by atoms with Crippen LogP contribution in [0, 0.1) is 0 Å². The van der Waals surface area contributed by atoms with Crippen molar-refractivity contribution in [3.8, 4) is 0 Å². The number of ketones is 1.